The first-order valence-electron chi connectivity index (χ1n) is 41.1. The Balaban J connectivity index is 0.000000330. The smallest absolute Gasteiger partial charge is 0.391 e. The van der Waals surface area contributed by atoms with Crippen LogP contribution in [-0.2, 0) is 43.7 Å². The number of imide groups is 1. The summed E-state index contributed by atoms with van der Waals surface area (Å²) in [4.78, 5) is 55.8. The molecule has 0 saturated heterocycles. The van der Waals surface area contributed by atoms with Crippen molar-refractivity contribution in [2.45, 2.75) is 179 Å². The molecule has 0 atom stereocenters. The monoisotopic (exact) mass is 1950 g/mol. The van der Waals surface area contributed by atoms with E-state index in [1.165, 1.54) is 47.7 Å². The second kappa shape index (κ2) is 55.5. The van der Waals surface area contributed by atoms with E-state index in [2.05, 4.69) is 82.6 Å². The molecule has 10 rings (SSSR count). The minimum absolute atomic E-state index is 0.0179. The fourth-order valence-electron chi connectivity index (χ4n) is 14.0. The summed E-state index contributed by atoms with van der Waals surface area (Å²) in [5, 5.41) is 40.2. The van der Waals surface area contributed by atoms with Crippen LogP contribution in [0.5, 0.6) is 29.4 Å². The Morgan fingerprint density at radius 2 is 0.725 bits per heavy atom. The van der Waals surface area contributed by atoms with Crippen molar-refractivity contribution in [1.82, 2.24) is 51.0 Å². The molecule has 5 saturated carbocycles. The SMILES string of the molecule is C=CC(=O)Cl.C=CC(=O)N(C(=O)C=C)c1cc(/C=C/C2CCC(C(F)(F)F)CC2)c(OC)nn1.C=CC(=O)Nc1cc(/C=C/C2CCC(C(F)(F)F)CC2)c(OC)nn1.CCOP(=O)(Cc1cc(Cl)nnc1OC)OCC.COc1nnc(Cl)cc1/C=C/C1CCC(C(F)(F)F)CC1.COc1nnc(N)cc1/C=C/C1CCC(C(F)(F)F)CC1.O=CC1CCC(C(F)(F)F)CC1. The Kier molecular flexibility index (Phi) is 48.0. The van der Waals surface area contributed by atoms with Gasteiger partial charge < -0.3 is 48.6 Å². The van der Waals surface area contributed by atoms with Gasteiger partial charge in [-0.05, 0) is 232 Å². The van der Waals surface area contributed by atoms with Crippen molar-refractivity contribution in [3.63, 3.8) is 0 Å². The Bertz CT molecular complexity index is 4540. The number of nitrogen functional groups attached to an aromatic ring is 1. The highest BCUT2D eigenvalue weighted by atomic mass is 35.5. The third kappa shape index (κ3) is 40.2. The van der Waals surface area contributed by atoms with Gasteiger partial charge in [0, 0.05) is 33.7 Å². The van der Waals surface area contributed by atoms with E-state index >= 15 is 0 Å². The van der Waals surface area contributed by atoms with Crippen molar-refractivity contribution >= 4 is 113 Å². The number of aldehydes is 1. The summed E-state index contributed by atoms with van der Waals surface area (Å²) < 4.78 is 237. The van der Waals surface area contributed by atoms with Gasteiger partial charge in [0.15, 0.2) is 21.9 Å². The fraction of sp³-hybridized carbons (Fsp3) is 0.523. The Morgan fingerprint density at radius 1 is 0.427 bits per heavy atom. The minimum atomic E-state index is -4.15. The highest BCUT2D eigenvalue weighted by molar-refractivity contribution is 7.53. The lowest BCUT2D eigenvalue weighted by Crippen LogP contribution is -2.35. The molecule has 5 fully saturated rings. The lowest BCUT2D eigenvalue weighted by molar-refractivity contribution is -0.184. The Morgan fingerprint density at radius 3 is 1.04 bits per heavy atom. The molecule has 0 radical (unpaired) electrons. The number of rotatable bonds is 26. The number of halogens is 18. The van der Waals surface area contributed by atoms with Crippen LogP contribution in [0.25, 0.3) is 24.3 Å². The van der Waals surface area contributed by atoms with Gasteiger partial charge in [-0.1, -0.05) is 98.1 Å². The van der Waals surface area contributed by atoms with Crippen molar-refractivity contribution < 1.29 is 127 Å². The van der Waals surface area contributed by atoms with E-state index in [1.807, 2.05) is 18.2 Å². The maximum atomic E-state index is 12.8. The van der Waals surface area contributed by atoms with Crippen LogP contribution < -0.4 is 39.6 Å². The van der Waals surface area contributed by atoms with Gasteiger partial charge in [-0.15, -0.1) is 51.0 Å². The number of nitrogens with zero attached hydrogens (tertiary/aromatic N) is 11. The van der Waals surface area contributed by atoms with Gasteiger partial charge in [0.25, 0.3) is 11.8 Å². The molecule has 3 N–H and O–H groups in total. The number of allylic oxidation sites excluding steroid dienone is 5. The van der Waals surface area contributed by atoms with Crippen LogP contribution in [0.3, 0.4) is 0 Å². The number of carbonyl (C=O) groups excluding carboxylic acids is 5. The van der Waals surface area contributed by atoms with E-state index in [-0.39, 0.29) is 145 Å². The molecule has 131 heavy (non-hydrogen) atoms. The first-order chi connectivity index (χ1) is 61.7. The van der Waals surface area contributed by atoms with Crippen LogP contribution in [0.1, 0.15) is 170 Å². The van der Waals surface area contributed by atoms with Gasteiger partial charge in [-0.25, -0.2) is 4.90 Å². The van der Waals surface area contributed by atoms with Crippen molar-refractivity contribution in [3.05, 3.63) is 143 Å². The van der Waals surface area contributed by atoms with E-state index in [9.17, 15) is 94.4 Å². The molecule has 0 aromatic carbocycles. The number of nitrogens with one attached hydrogen (secondary N) is 1. The average molecular weight is 1950 g/mol. The Labute approximate surface area is 763 Å². The molecule has 45 heteroatoms. The summed E-state index contributed by atoms with van der Waals surface area (Å²) in [5.41, 5.74) is 8.50. The second-order valence-electron chi connectivity index (χ2n) is 30.0. The molecule has 3 amide bonds. The lowest BCUT2D eigenvalue weighted by Gasteiger charge is -2.28. The fourth-order valence-corrected chi connectivity index (χ4v) is 16.1. The molecule has 26 nitrogen and oxygen atoms in total. The van der Waals surface area contributed by atoms with Crippen LogP contribution in [-0.4, -0.2) is 160 Å². The zero-order valence-electron chi connectivity index (χ0n) is 72.8. The molecule has 0 spiro atoms. The zero-order valence-corrected chi connectivity index (χ0v) is 76.0. The molecule has 5 heterocycles. The number of methoxy groups -OCH3 is 5. The van der Waals surface area contributed by atoms with Crippen LogP contribution >= 0.6 is 42.4 Å². The van der Waals surface area contributed by atoms with Gasteiger partial charge >= 0.3 is 38.5 Å². The van der Waals surface area contributed by atoms with Crippen LogP contribution in [0, 0.1) is 59.2 Å². The standard InChI is InChI=1S/C20H22F3N3O3.C17H20F3N3O2.C14H16ClF3N2O.C14H18F3N3O.C10H16ClN2O4P.C8H11F3O.C3H3ClO/c1-4-17(27)26(18(28)5-2)16-12-14(19(29-3)25-24-16)9-6-13-7-10-15(11-8-13)20(21,22)23;1-3-15(24)21-14-10-12(16(25-2)23-22-14)7-4-11-5-8-13(9-6-11)17(18,19)20;1-21-13-10(8-12(15)19-20-13)5-2-9-3-6-11(7-4-9)14(16,17)18;1-21-13-10(8-12(18)19-20-13)5-2-9-3-6-11(7-4-9)14(15,16)17;1-4-16-18(14,17-5-2)7-8-6-9(11)12-13-10(8)15-3;9-8(10,11)7-3-1-6(5-12)2-4-7;1-2-3(4)5/h4-6,9,12-13,15H,1-2,7-8,10-11H2,3H3;3-4,7,10-11,13H,1,5-6,8-9H2,2H3,(H,21,22,24);2,5,8-9,11H,3-4,6-7H2,1H3;2,5,8-9,11H,3-4,6-7H2,1H3,(H2,18,19);6H,4-5,7H2,1-3H3;5-7H,1-4H2;2H,1H2/b9-6+;7-4+;2*5-2+;;;. The summed E-state index contributed by atoms with van der Waals surface area (Å²) in [6, 6.07) is 7.81. The highest BCUT2D eigenvalue weighted by Crippen LogP contribution is 2.53. The predicted molar refractivity (Wildman–Crippen MR) is 464 cm³/mol. The topological polar surface area (TPSA) is 337 Å². The molecule has 0 bridgehead atoms. The number of amides is 3. The van der Waals surface area contributed by atoms with E-state index in [1.54, 1.807) is 62.4 Å². The largest absolute Gasteiger partial charge is 0.480 e. The summed E-state index contributed by atoms with van der Waals surface area (Å²) in [5.74, 6) is -5.68. The number of hydrogen-bond acceptors (Lipinski definition) is 24. The number of anilines is 3. The van der Waals surface area contributed by atoms with Crippen molar-refractivity contribution in [3.8, 4) is 29.4 Å². The van der Waals surface area contributed by atoms with Gasteiger partial charge in [-0.3, -0.25) is 23.7 Å². The number of carbonyl (C=O) groups is 5. The van der Waals surface area contributed by atoms with Crippen LogP contribution in [0.15, 0.2) is 105 Å². The number of hydrogen-bond donors (Lipinski definition) is 2. The summed E-state index contributed by atoms with van der Waals surface area (Å²) in [6.45, 7) is 17.2. The van der Waals surface area contributed by atoms with Crippen LogP contribution in [0.4, 0.5) is 83.3 Å². The quantitative estimate of drug-likeness (QED) is 0.0171. The molecular formula is C86H106Cl3F15N13O13P. The highest BCUT2D eigenvalue weighted by Gasteiger charge is 2.45. The molecule has 0 unspecified atom stereocenters. The predicted octanol–water partition coefficient (Wildman–Crippen LogP) is 22.5. The maximum Gasteiger partial charge on any atom is 0.391 e. The Hall–Kier alpha value is -9.96. The van der Waals surface area contributed by atoms with Gasteiger partial charge in [0.1, 0.15) is 12.1 Å². The van der Waals surface area contributed by atoms with Gasteiger partial charge in [0.2, 0.25) is 40.5 Å². The van der Waals surface area contributed by atoms with E-state index in [0.29, 0.717) is 117 Å². The first-order valence-corrected chi connectivity index (χ1v) is 44.0. The van der Waals surface area contributed by atoms with E-state index in [4.69, 9.17) is 73.3 Å². The van der Waals surface area contributed by atoms with E-state index < -0.39 is 91.0 Å². The van der Waals surface area contributed by atoms with Crippen molar-refractivity contribution in [2.75, 3.05) is 64.7 Å². The maximum absolute atomic E-state index is 12.8. The normalized spacial score (nSPS) is 20.6. The summed E-state index contributed by atoms with van der Waals surface area (Å²) in [6.07, 6.45) is 5.11. The molecule has 724 valence electrons. The van der Waals surface area contributed by atoms with Gasteiger partial charge in [-0.2, -0.15) is 65.9 Å². The van der Waals surface area contributed by atoms with Crippen molar-refractivity contribution in [1.29, 1.82) is 0 Å². The third-order valence-electron chi connectivity index (χ3n) is 21.1. The van der Waals surface area contributed by atoms with Crippen LogP contribution in [0.2, 0.25) is 10.3 Å². The zero-order chi connectivity index (χ0) is 98.0. The molecule has 5 aliphatic carbocycles. The molecular weight excluding hydrogens is 1850 g/mol. The number of ether oxygens (including phenoxy) is 5. The van der Waals surface area contributed by atoms with Gasteiger partial charge in [0.05, 0.1) is 84.5 Å². The molecule has 5 aliphatic rings. The lowest BCUT2D eigenvalue weighted by atomic mass is 9.81. The van der Waals surface area contributed by atoms with Crippen molar-refractivity contribution in [2.24, 2.45) is 59.2 Å². The number of aromatic nitrogens is 10. The second-order valence-corrected chi connectivity index (χ2v) is 33.2. The number of nitrogens with two attached hydrogens (primary N) is 1. The molecule has 5 aromatic rings. The molecule has 5 aromatic heterocycles. The summed E-state index contributed by atoms with van der Waals surface area (Å²) in [7, 11) is 4.03. The van der Waals surface area contributed by atoms with E-state index in [0.717, 1.165) is 35.5 Å². The minimum Gasteiger partial charge on any atom is -0.480 e. The summed E-state index contributed by atoms with van der Waals surface area (Å²) >= 11 is 16.2. The first kappa shape index (κ1) is 113. The number of alkyl halides is 15. The molecule has 0 aliphatic heterocycles. The third-order valence-corrected chi connectivity index (χ3v) is 23.6. The average Bonchev–Trinajstić information content (AvgIpc) is 0.818.